The number of likely N-dealkylation sites (N-methyl/N-ethyl adjacent to an activating group) is 1. The molecular weight excluding hydrogens is 366 g/mol. The molecule has 162 valence electrons. The van der Waals surface area contributed by atoms with Crippen LogP contribution in [0.4, 0.5) is 0 Å². The van der Waals surface area contributed by atoms with Crippen LogP contribution in [-0.2, 0) is 9.59 Å². The van der Waals surface area contributed by atoms with E-state index in [4.69, 9.17) is 16.7 Å². The van der Waals surface area contributed by atoms with Crippen molar-refractivity contribution in [3.8, 4) is 0 Å². The highest BCUT2D eigenvalue weighted by Crippen LogP contribution is 2.12. The van der Waals surface area contributed by atoms with Crippen molar-refractivity contribution >= 4 is 22.8 Å². The molecule has 0 aliphatic carbocycles. The maximum atomic E-state index is 10.5. The lowest BCUT2D eigenvalue weighted by Crippen LogP contribution is -2.43. The lowest BCUT2D eigenvalue weighted by Gasteiger charge is -2.26. The molecular formula is C21H42ClNO4. The topological polar surface area (TPSA) is 77.4 Å². The maximum Gasteiger partial charge on any atom is 0.221 e. The Morgan fingerprint density at radius 2 is 1.30 bits per heavy atom. The predicted octanol–water partition coefficient (Wildman–Crippen LogP) is 3.65. The van der Waals surface area contributed by atoms with Gasteiger partial charge in [-0.05, 0) is 18.0 Å². The van der Waals surface area contributed by atoms with E-state index in [1.54, 1.807) is 0 Å². The first-order valence-corrected chi connectivity index (χ1v) is 10.8. The number of hydrogen-bond acceptors (Lipinski definition) is 4. The van der Waals surface area contributed by atoms with Gasteiger partial charge in [0.2, 0.25) is 5.24 Å². The van der Waals surface area contributed by atoms with Crippen molar-refractivity contribution in [1.29, 1.82) is 0 Å². The van der Waals surface area contributed by atoms with Crippen LogP contribution in [-0.4, -0.2) is 54.6 Å². The number of halogens is 1. The molecule has 0 aromatic carbocycles. The smallest absolute Gasteiger partial charge is 0.221 e. The molecule has 0 radical (unpaired) electrons. The monoisotopic (exact) mass is 407 g/mol. The van der Waals surface area contributed by atoms with Crippen molar-refractivity contribution in [3.05, 3.63) is 0 Å². The second-order valence-corrected chi connectivity index (χ2v) is 8.77. The summed E-state index contributed by atoms with van der Waals surface area (Å²) in [5.41, 5.74) is 0. The second-order valence-electron chi connectivity index (χ2n) is 8.34. The molecule has 6 heteroatoms. The average Bonchev–Trinajstić information content (AvgIpc) is 2.50. The number of quaternary nitrogens is 1. The normalized spacial score (nSPS) is 12.2. The van der Waals surface area contributed by atoms with Gasteiger partial charge in [-0.3, -0.25) is 4.79 Å². The van der Waals surface area contributed by atoms with E-state index < -0.39 is 12.1 Å². The van der Waals surface area contributed by atoms with Crippen molar-refractivity contribution in [2.24, 2.45) is 0 Å². The van der Waals surface area contributed by atoms with Crippen LogP contribution < -0.4 is 5.11 Å². The third-order valence-electron chi connectivity index (χ3n) is 4.14. The van der Waals surface area contributed by atoms with Crippen LogP contribution >= 0.6 is 11.6 Å². The summed E-state index contributed by atoms with van der Waals surface area (Å²) in [6, 6.07) is 0. The Balaban J connectivity index is 0. The van der Waals surface area contributed by atoms with Crippen LogP contribution in [0.15, 0.2) is 0 Å². The number of carbonyl (C=O) groups is 2. The third-order valence-corrected chi connectivity index (χ3v) is 4.33. The summed E-state index contributed by atoms with van der Waals surface area (Å²) in [4.78, 5) is 20.5. The Kier molecular flexibility index (Phi) is 19.8. The molecule has 0 aliphatic rings. The summed E-state index contributed by atoms with van der Waals surface area (Å²) in [5.74, 6) is -1.20. The van der Waals surface area contributed by atoms with Gasteiger partial charge in [-0.15, -0.1) is 0 Å². The number of hydrogen-bond donors (Lipinski definition) is 1. The van der Waals surface area contributed by atoms with Gasteiger partial charge in [-0.25, -0.2) is 0 Å². The number of nitrogens with zero attached hydrogens (tertiary/aromatic N) is 1. The van der Waals surface area contributed by atoms with Gasteiger partial charge in [-0.1, -0.05) is 71.1 Å². The van der Waals surface area contributed by atoms with E-state index in [1.165, 1.54) is 57.8 Å². The first-order chi connectivity index (χ1) is 12.6. The summed E-state index contributed by atoms with van der Waals surface area (Å²) in [6.45, 7) is 2.68. The number of aliphatic hydroxyl groups excluding tert-OH is 1. The fourth-order valence-corrected chi connectivity index (χ4v) is 2.95. The van der Waals surface area contributed by atoms with Gasteiger partial charge in [0.1, 0.15) is 12.6 Å². The maximum absolute atomic E-state index is 10.5. The van der Waals surface area contributed by atoms with Crippen LogP contribution in [0, 0.1) is 0 Å². The molecule has 1 atom stereocenters. The minimum absolute atomic E-state index is 0.184. The number of carboxylic acid groups (broad SMARTS) is 1. The molecule has 0 saturated carbocycles. The molecule has 0 aromatic rings. The van der Waals surface area contributed by atoms with Gasteiger partial charge in [0.15, 0.2) is 0 Å². The molecule has 5 nitrogen and oxygen atoms in total. The van der Waals surface area contributed by atoms with Crippen LogP contribution in [0.1, 0.15) is 90.4 Å². The fraction of sp³-hybridized carbons (Fsp3) is 0.905. The third kappa shape index (κ3) is 30.3. The van der Waals surface area contributed by atoms with Crippen molar-refractivity contribution in [2.75, 3.05) is 27.7 Å². The number of carboxylic acids is 1. The summed E-state index contributed by atoms with van der Waals surface area (Å²) in [6.07, 6.45) is 13.9. The fourth-order valence-electron chi connectivity index (χ4n) is 2.82. The molecule has 0 aromatic heterocycles. The van der Waals surface area contributed by atoms with Gasteiger partial charge >= 0.3 is 0 Å². The number of aliphatic carboxylic acids is 1. The summed E-state index contributed by atoms with van der Waals surface area (Å²) >= 11 is 5.26. The van der Waals surface area contributed by atoms with Crippen LogP contribution in [0.3, 0.4) is 0 Å². The zero-order chi connectivity index (χ0) is 21.1. The summed E-state index contributed by atoms with van der Waals surface area (Å²) < 4.78 is 0.550. The quantitative estimate of drug-likeness (QED) is 0.240. The standard InChI is InChI=1S/C14H27ClO.C7H15NO3/c1-2-3-4-5-6-7-8-9-10-11-12-13-14(15)16;1-8(2,3)5-6(9)4-7(10)11/h2-13H2,1H3;6,9H,4-5H2,1-3H3. The summed E-state index contributed by atoms with van der Waals surface area (Å²) in [7, 11) is 5.66. The van der Waals surface area contributed by atoms with Crippen molar-refractivity contribution in [1.82, 2.24) is 0 Å². The van der Waals surface area contributed by atoms with E-state index in [-0.39, 0.29) is 11.7 Å². The molecule has 0 fully saturated rings. The molecule has 0 amide bonds. The molecule has 0 saturated heterocycles. The number of carbonyl (C=O) groups excluding carboxylic acids is 2. The molecule has 0 spiro atoms. The van der Waals surface area contributed by atoms with E-state index in [0.717, 1.165) is 12.8 Å². The molecule has 1 unspecified atom stereocenters. The van der Waals surface area contributed by atoms with Crippen molar-refractivity contribution in [3.63, 3.8) is 0 Å². The van der Waals surface area contributed by atoms with E-state index >= 15 is 0 Å². The minimum Gasteiger partial charge on any atom is -0.550 e. The minimum atomic E-state index is -1.20. The van der Waals surface area contributed by atoms with Gasteiger partial charge in [0, 0.05) is 18.8 Å². The predicted molar refractivity (Wildman–Crippen MR) is 110 cm³/mol. The zero-order valence-corrected chi connectivity index (χ0v) is 18.7. The van der Waals surface area contributed by atoms with Crippen molar-refractivity contribution in [2.45, 2.75) is 96.5 Å². The first-order valence-electron chi connectivity index (χ1n) is 10.4. The van der Waals surface area contributed by atoms with Crippen LogP contribution in [0.25, 0.3) is 0 Å². The largest absolute Gasteiger partial charge is 0.550 e. The van der Waals surface area contributed by atoms with Crippen molar-refractivity contribution < 1.29 is 24.3 Å². The van der Waals surface area contributed by atoms with Gasteiger partial charge in [0.25, 0.3) is 0 Å². The lowest BCUT2D eigenvalue weighted by molar-refractivity contribution is -0.873. The zero-order valence-electron chi connectivity index (χ0n) is 18.0. The SMILES string of the molecule is CCCCCCCCCCCCCC(=O)Cl.C[N+](C)(C)CC(O)CC(=O)[O-]. The Bertz CT molecular complexity index is 370. The Hall–Kier alpha value is -0.650. The Morgan fingerprint density at radius 1 is 0.889 bits per heavy atom. The molecule has 0 rings (SSSR count). The highest BCUT2D eigenvalue weighted by Gasteiger charge is 2.14. The number of aliphatic hydroxyl groups is 1. The highest BCUT2D eigenvalue weighted by molar-refractivity contribution is 6.63. The molecule has 1 N–H and O–H groups in total. The second kappa shape index (κ2) is 18.7. The Labute approximate surface area is 171 Å². The highest BCUT2D eigenvalue weighted by atomic mass is 35.5. The van der Waals surface area contributed by atoms with Gasteiger partial charge in [0.05, 0.1) is 21.1 Å². The van der Waals surface area contributed by atoms with E-state index in [2.05, 4.69) is 6.92 Å². The van der Waals surface area contributed by atoms with E-state index in [9.17, 15) is 14.7 Å². The molecule has 27 heavy (non-hydrogen) atoms. The lowest BCUT2D eigenvalue weighted by atomic mass is 10.1. The molecule has 0 bridgehead atoms. The first kappa shape index (κ1) is 28.6. The number of unbranched alkanes of at least 4 members (excludes halogenated alkanes) is 10. The average molecular weight is 408 g/mol. The van der Waals surface area contributed by atoms with Gasteiger partial charge < -0.3 is 19.5 Å². The van der Waals surface area contributed by atoms with Gasteiger partial charge in [-0.2, -0.15) is 0 Å². The molecule has 0 aliphatic heterocycles. The molecule has 0 heterocycles. The van der Waals surface area contributed by atoms with E-state index in [1.807, 2.05) is 21.1 Å². The summed E-state index contributed by atoms with van der Waals surface area (Å²) in [5, 5.41) is 19.0. The number of rotatable bonds is 16. The van der Waals surface area contributed by atoms with Crippen LogP contribution in [0.2, 0.25) is 0 Å². The Morgan fingerprint density at radius 3 is 1.63 bits per heavy atom. The van der Waals surface area contributed by atoms with E-state index in [0.29, 0.717) is 17.4 Å². The van der Waals surface area contributed by atoms with Crippen LogP contribution in [0.5, 0.6) is 0 Å².